The SMILES string of the molecule is C/C=C/CCCCC(C#N)CC. The van der Waals surface area contributed by atoms with Gasteiger partial charge in [-0.1, -0.05) is 25.5 Å². The molecule has 0 aromatic carbocycles. The molecule has 0 heterocycles. The standard InChI is InChI=1S/C11H19N/c1-3-5-6-7-8-9-11(4-2)10-12/h3,5,11H,4,6-9H2,1-2H3/b5-3+. The van der Waals surface area contributed by atoms with Crippen LogP contribution in [-0.2, 0) is 0 Å². The Morgan fingerprint density at radius 3 is 2.67 bits per heavy atom. The molecule has 0 bridgehead atoms. The van der Waals surface area contributed by atoms with Crippen molar-refractivity contribution in [2.24, 2.45) is 5.92 Å². The van der Waals surface area contributed by atoms with Crippen LogP contribution in [-0.4, -0.2) is 0 Å². The molecule has 0 saturated heterocycles. The van der Waals surface area contributed by atoms with Gasteiger partial charge in [0.05, 0.1) is 6.07 Å². The van der Waals surface area contributed by atoms with Gasteiger partial charge in [-0.15, -0.1) is 0 Å². The largest absolute Gasteiger partial charge is 0.198 e. The minimum absolute atomic E-state index is 0.288. The van der Waals surface area contributed by atoms with Gasteiger partial charge in [-0.05, 0) is 32.6 Å². The summed E-state index contributed by atoms with van der Waals surface area (Å²) in [6.45, 7) is 4.13. The van der Waals surface area contributed by atoms with E-state index in [2.05, 4.69) is 25.1 Å². The molecule has 1 atom stereocenters. The number of hydrogen-bond donors (Lipinski definition) is 0. The number of allylic oxidation sites excluding steroid dienone is 2. The van der Waals surface area contributed by atoms with Gasteiger partial charge in [0.2, 0.25) is 0 Å². The van der Waals surface area contributed by atoms with Gasteiger partial charge in [0.25, 0.3) is 0 Å². The zero-order valence-corrected chi connectivity index (χ0v) is 8.21. The fourth-order valence-electron chi connectivity index (χ4n) is 1.18. The van der Waals surface area contributed by atoms with E-state index in [1.54, 1.807) is 0 Å². The van der Waals surface area contributed by atoms with Gasteiger partial charge in [0.1, 0.15) is 0 Å². The van der Waals surface area contributed by atoms with Gasteiger partial charge in [-0.3, -0.25) is 0 Å². The molecule has 0 spiro atoms. The third-order valence-electron chi connectivity index (χ3n) is 2.08. The summed E-state index contributed by atoms with van der Waals surface area (Å²) >= 11 is 0. The lowest BCUT2D eigenvalue weighted by atomic mass is 10.0. The Morgan fingerprint density at radius 1 is 1.42 bits per heavy atom. The lowest BCUT2D eigenvalue weighted by molar-refractivity contribution is 0.542. The Hall–Kier alpha value is -0.770. The Balaban J connectivity index is 3.25. The van der Waals surface area contributed by atoms with E-state index in [4.69, 9.17) is 5.26 Å². The predicted octanol–water partition coefficient (Wildman–Crippen LogP) is 3.67. The van der Waals surface area contributed by atoms with Crippen molar-refractivity contribution < 1.29 is 0 Å². The van der Waals surface area contributed by atoms with Crippen molar-refractivity contribution in [2.45, 2.75) is 46.0 Å². The highest BCUT2D eigenvalue weighted by Gasteiger charge is 2.01. The highest BCUT2D eigenvalue weighted by atomic mass is 14.3. The van der Waals surface area contributed by atoms with Gasteiger partial charge < -0.3 is 0 Å². The number of rotatable bonds is 6. The molecule has 1 heteroatoms. The van der Waals surface area contributed by atoms with Crippen LogP contribution in [0.25, 0.3) is 0 Å². The third kappa shape index (κ3) is 5.97. The van der Waals surface area contributed by atoms with E-state index in [0.29, 0.717) is 0 Å². The average Bonchev–Trinajstić information content (AvgIpc) is 2.11. The molecular weight excluding hydrogens is 146 g/mol. The molecule has 0 amide bonds. The van der Waals surface area contributed by atoms with Gasteiger partial charge in [0.15, 0.2) is 0 Å². The van der Waals surface area contributed by atoms with Crippen LogP contribution in [0.2, 0.25) is 0 Å². The van der Waals surface area contributed by atoms with Crippen molar-refractivity contribution in [3.63, 3.8) is 0 Å². The molecule has 0 N–H and O–H groups in total. The van der Waals surface area contributed by atoms with E-state index < -0.39 is 0 Å². The zero-order chi connectivity index (χ0) is 9.23. The summed E-state index contributed by atoms with van der Waals surface area (Å²) in [5.74, 6) is 0.288. The Kier molecular flexibility index (Phi) is 7.79. The van der Waals surface area contributed by atoms with E-state index in [1.807, 2.05) is 6.92 Å². The fourth-order valence-corrected chi connectivity index (χ4v) is 1.18. The summed E-state index contributed by atoms with van der Waals surface area (Å²) < 4.78 is 0. The highest BCUT2D eigenvalue weighted by molar-refractivity contribution is 4.82. The molecule has 12 heavy (non-hydrogen) atoms. The van der Waals surface area contributed by atoms with Crippen molar-refractivity contribution in [1.29, 1.82) is 5.26 Å². The molecule has 1 nitrogen and oxygen atoms in total. The Labute approximate surface area is 76.1 Å². The smallest absolute Gasteiger partial charge is 0.0655 e. The Morgan fingerprint density at radius 2 is 2.17 bits per heavy atom. The summed E-state index contributed by atoms with van der Waals surface area (Å²) in [7, 11) is 0. The second kappa shape index (κ2) is 8.33. The van der Waals surface area contributed by atoms with Crippen molar-refractivity contribution in [2.75, 3.05) is 0 Å². The van der Waals surface area contributed by atoms with E-state index >= 15 is 0 Å². The summed E-state index contributed by atoms with van der Waals surface area (Å²) in [6, 6.07) is 2.32. The molecule has 1 unspecified atom stereocenters. The maximum atomic E-state index is 8.66. The van der Waals surface area contributed by atoms with Gasteiger partial charge >= 0.3 is 0 Å². The molecule has 0 aromatic heterocycles. The van der Waals surface area contributed by atoms with Gasteiger partial charge in [0, 0.05) is 5.92 Å². The first kappa shape index (κ1) is 11.2. The minimum atomic E-state index is 0.288. The van der Waals surface area contributed by atoms with Crippen molar-refractivity contribution in [1.82, 2.24) is 0 Å². The van der Waals surface area contributed by atoms with Gasteiger partial charge in [-0.2, -0.15) is 5.26 Å². The van der Waals surface area contributed by atoms with Crippen molar-refractivity contribution >= 4 is 0 Å². The van der Waals surface area contributed by atoms with Crippen LogP contribution in [0.3, 0.4) is 0 Å². The summed E-state index contributed by atoms with van der Waals surface area (Å²) in [6.07, 6.45) is 9.93. The first-order valence-corrected chi connectivity index (χ1v) is 4.85. The van der Waals surface area contributed by atoms with Crippen LogP contribution in [0, 0.1) is 17.2 Å². The van der Waals surface area contributed by atoms with Crippen LogP contribution in [0.4, 0.5) is 0 Å². The highest BCUT2D eigenvalue weighted by Crippen LogP contribution is 2.12. The quantitative estimate of drug-likeness (QED) is 0.435. The number of nitrogens with zero attached hydrogens (tertiary/aromatic N) is 1. The summed E-state index contributed by atoms with van der Waals surface area (Å²) in [5.41, 5.74) is 0. The van der Waals surface area contributed by atoms with Crippen LogP contribution in [0.1, 0.15) is 46.0 Å². The van der Waals surface area contributed by atoms with Gasteiger partial charge in [-0.25, -0.2) is 0 Å². The van der Waals surface area contributed by atoms with Crippen molar-refractivity contribution in [3.8, 4) is 6.07 Å². The molecular formula is C11H19N. The lowest BCUT2D eigenvalue weighted by Gasteiger charge is -2.03. The fraction of sp³-hybridized carbons (Fsp3) is 0.727. The minimum Gasteiger partial charge on any atom is -0.198 e. The van der Waals surface area contributed by atoms with Crippen LogP contribution >= 0.6 is 0 Å². The number of hydrogen-bond acceptors (Lipinski definition) is 1. The molecule has 0 rings (SSSR count). The molecule has 0 aromatic rings. The normalized spacial score (nSPS) is 13.1. The maximum Gasteiger partial charge on any atom is 0.0655 e. The van der Waals surface area contributed by atoms with Crippen LogP contribution in [0.5, 0.6) is 0 Å². The monoisotopic (exact) mass is 165 g/mol. The molecule has 0 aliphatic carbocycles. The number of unbranched alkanes of at least 4 members (excludes halogenated alkanes) is 2. The molecule has 0 saturated carbocycles. The lowest BCUT2D eigenvalue weighted by Crippen LogP contribution is -1.93. The predicted molar refractivity (Wildman–Crippen MR) is 52.7 cm³/mol. The maximum absolute atomic E-state index is 8.66. The zero-order valence-electron chi connectivity index (χ0n) is 8.21. The summed E-state index contributed by atoms with van der Waals surface area (Å²) in [5, 5.41) is 8.66. The van der Waals surface area contributed by atoms with E-state index in [9.17, 15) is 0 Å². The second-order valence-electron chi connectivity index (χ2n) is 3.09. The number of nitriles is 1. The van der Waals surface area contributed by atoms with Crippen LogP contribution in [0.15, 0.2) is 12.2 Å². The molecule has 0 aliphatic heterocycles. The average molecular weight is 165 g/mol. The van der Waals surface area contributed by atoms with E-state index in [1.165, 1.54) is 19.3 Å². The topological polar surface area (TPSA) is 23.8 Å². The van der Waals surface area contributed by atoms with Crippen molar-refractivity contribution in [3.05, 3.63) is 12.2 Å². The second-order valence-corrected chi connectivity index (χ2v) is 3.09. The summed E-state index contributed by atoms with van der Waals surface area (Å²) in [4.78, 5) is 0. The third-order valence-corrected chi connectivity index (χ3v) is 2.08. The first-order valence-electron chi connectivity index (χ1n) is 4.85. The van der Waals surface area contributed by atoms with E-state index in [0.717, 1.165) is 12.8 Å². The molecule has 0 aliphatic rings. The molecule has 0 radical (unpaired) electrons. The first-order chi connectivity index (χ1) is 5.85. The van der Waals surface area contributed by atoms with Crippen LogP contribution < -0.4 is 0 Å². The molecule has 0 fully saturated rings. The van der Waals surface area contributed by atoms with E-state index in [-0.39, 0.29) is 5.92 Å². The molecule has 68 valence electrons. The Bertz CT molecular complexity index is 153.